The molecule has 5 nitrogen and oxygen atoms in total. The molecule has 0 aliphatic rings. The van der Waals surface area contributed by atoms with E-state index in [0.717, 1.165) is 5.56 Å². The quantitative estimate of drug-likeness (QED) is 0.490. The van der Waals surface area contributed by atoms with Gasteiger partial charge in [-0.15, -0.1) is 0 Å². The smallest absolute Gasteiger partial charge is 0.330 e. The second-order valence-corrected chi connectivity index (χ2v) is 4.93. The minimum absolute atomic E-state index is 0.208. The fraction of sp³-hybridized carbons (Fsp3) is 0.444. The summed E-state index contributed by atoms with van der Waals surface area (Å²) in [7, 11) is 0. The molecule has 0 N–H and O–H groups in total. The summed E-state index contributed by atoms with van der Waals surface area (Å²) in [6.45, 7) is 6.15. The Morgan fingerprint density at radius 1 is 1.09 bits per heavy atom. The second-order valence-electron chi connectivity index (χ2n) is 4.93. The van der Waals surface area contributed by atoms with E-state index < -0.39 is 0 Å². The standard InChI is InChI=1S/C18H25NO4/c1-3-22-17(20)11-8-13-19(14-12-18(21)23-4-2)15-16-9-6-5-7-10-16/h5-11H,3-4,12-15H2,1-2H3/b11-8+. The lowest BCUT2D eigenvalue weighted by Crippen LogP contribution is -2.27. The Balaban J connectivity index is 2.56. The van der Waals surface area contributed by atoms with Crippen molar-refractivity contribution in [1.82, 2.24) is 4.90 Å². The first-order valence-electron chi connectivity index (χ1n) is 7.90. The van der Waals surface area contributed by atoms with Crippen LogP contribution < -0.4 is 0 Å². The highest BCUT2D eigenvalue weighted by Gasteiger charge is 2.09. The highest BCUT2D eigenvalue weighted by molar-refractivity contribution is 5.81. The summed E-state index contributed by atoms with van der Waals surface area (Å²) >= 11 is 0. The van der Waals surface area contributed by atoms with Gasteiger partial charge in [0, 0.05) is 25.7 Å². The van der Waals surface area contributed by atoms with Crippen LogP contribution in [0.4, 0.5) is 0 Å². The van der Waals surface area contributed by atoms with Gasteiger partial charge in [-0.1, -0.05) is 36.4 Å². The molecule has 0 unspecified atom stereocenters. The number of ether oxygens (including phenoxy) is 2. The van der Waals surface area contributed by atoms with Crippen LogP contribution in [0.5, 0.6) is 0 Å². The number of hydrogen-bond acceptors (Lipinski definition) is 5. The number of nitrogens with zero attached hydrogens (tertiary/aromatic N) is 1. The van der Waals surface area contributed by atoms with Crippen LogP contribution in [0, 0.1) is 0 Å². The van der Waals surface area contributed by atoms with Crippen molar-refractivity contribution in [2.45, 2.75) is 26.8 Å². The molecule has 0 atom stereocenters. The number of hydrogen-bond donors (Lipinski definition) is 0. The topological polar surface area (TPSA) is 55.8 Å². The Hall–Kier alpha value is -2.14. The van der Waals surface area contributed by atoms with Gasteiger partial charge in [-0.2, -0.15) is 0 Å². The maximum absolute atomic E-state index is 11.5. The molecule has 0 radical (unpaired) electrons. The molecular weight excluding hydrogens is 294 g/mol. The maximum Gasteiger partial charge on any atom is 0.330 e. The molecule has 0 aliphatic carbocycles. The molecule has 1 aromatic rings. The van der Waals surface area contributed by atoms with Crippen molar-refractivity contribution in [1.29, 1.82) is 0 Å². The molecule has 0 fully saturated rings. The molecule has 0 saturated carbocycles. The highest BCUT2D eigenvalue weighted by Crippen LogP contribution is 2.06. The van der Waals surface area contributed by atoms with Crippen LogP contribution in [0.15, 0.2) is 42.5 Å². The summed E-state index contributed by atoms with van der Waals surface area (Å²) in [5.41, 5.74) is 1.15. The Morgan fingerprint density at radius 3 is 2.43 bits per heavy atom. The van der Waals surface area contributed by atoms with Crippen molar-refractivity contribution in [3.05, 3.63) is 48.0 Å². The van der Waals surface area contributed by atoms with Gasteiger partial charge in [0.05, 0.1) is 19.6 Å². The second kappa shape index (κ2) is 11.4. The first-order valence-corrected chi connectivity index (χ1v) is 7.90. The molecule has 0 saturated heterocycles. The van der Waals surface area contributed by atoms with Crippen molar-refractivity contribution < 1.29 is 19.1 Å². The summed E-state index contributed by atoms with van der Waals surface area (Å²) in [6.07, 6.45) is 3.51. The van der Waals surface area contributed by atoms with Crippen LogP contribution in [0.3, 0.4) is 0 Å². The van der Waals surface area contributed by atoms with Crippen molar-refractivity contribution >= 4 is 11.9 Å². The molecule has 126 valence electrons. The third-order valence-electron chi connectivity index (χ3n) is 3.09. The average molecular weight is 319 g/mol. The molecule has 0 bridgehead atoms. The summed E-state index contributed by atoms with van der Waals surface area (Å²) in [4.78, 5) is 24.9. The summed E-state index contributed by atoms with van der Waals surface area (Å²) in [5, 5.41) is 0. The average Bonchev–Trinajstić information content (AvgIpc) is 2.54. The summed E-state index contributed by atoms with van der Waals surface area (Å²) < 4.78 is 9.81. The van der Waals surface area contributed by atoms with Gasteiger partial charge in [0.1, 0.15) is 0 Å². The maximum atomic E-state index is 11.5. The fourth-order valence-electron chi connectivity index (χ4n) is 2.05. The van der Waals surface area contributed by atoms with Gasteiger partial charge in [0.2, 0.25) is 0 Å². The van der Waals surface area contributed by atoms with Gasteiger partial charge in [0.25, 0.3) is 0 Å². The third kappa shape index (κ3) is 8.78. The highest BCUT2D eigenvalue weighted by atomic mass is 16.5. The van der Waals surface area contributed by atoms with E-state index in [1.165, 1.54) is 6.08 Å². The lowest BCUT2D eigenvalue weighted by Gasteiger charge is -2.20. The fourth-order valence-corrected chi connectivity index (χ4v) is 2.05. The summed E-state index contributed by atoms with van der Waals surface area (Å²) in [5.74, 6) is -0.558. The van der Waals surface area contributed by atoms with E-state index in [4.69, 9.17) is 9.47 Å². The van der Waals surface area contributed by atoms with Crippen LogP contribution in [0.25, 0.3) is 0 Å². The van der Waals surface area contributed by atoms with Gasteiger partial charge in [0.15, 0.2) is 0 Å². The Kier molecular flexibility index (Phi) is 9.40. The van der Waals surface area contributed by atoms with Crippen LogP contribution >= 0.6 is 0 Å². The van der Waals surface area contributed by atoms with E-state index in [1.54, 1.807) is 19.9 Å². The first kappa shape index (κ1) is 18.9. The number of carbonyl (C=O) groups is 2. The lowest BCUT2D eigenvalue weighted by atomic mass is 10.2. The molecular formula is C18H25NO4. The van der Waals surface area contributed by atoms with Crippen LogP contribution in [-0.4, -0.2) is 43.1 Å². The van der Waals surface area contributed by atoms with Gasteiger partial charge in [-0.05, 0) is 19.4 Å². The zero-order valence-electron chi connectivity index (χ0n) is 13.9. The minimum atomic E-state index is -0.349. The van der Waals surface area contributed by atoms with Gasteiger partial charge in [-0.3, -0.25) is 9.69 Å². The lowest BCUT2D eigenvalue weighted by molar-refractivity contribution is -0.143. The van der Waals surface area contributed by atoms with E-state index in [0.29, 0.717) is 39.3 Å². The zero-order chi connectivity index (χ0) is 16.9. The predicted octanol–water partition coefficient (Wildman–Crippen LogP) is 2.56. The molecule has 1 aromatic carbocycles. The van der Waals surface area contributed by atoms with Crippen LogP contribution in [0.1, 0.15) is 25.8 Å². The molecule has 0 heterocycles. The molecule has 0 aromatic heterocycles. The van der Waals surface area contributed by atoms with E-state index in [-0.39, 0.29) is 11.9 Å². The molecule has 0 amide bonds. The Labute approximate surface area is 137 Å². The zero-order valence-corrected chi connectivity index (χ0v) is 13.9. The van der Waals surface area contributed by atoms with Crippen LogP contribution in [0.2, 0.25) is 0 Å². The van der Waals surface area contributed by atoms with Gasteiger partial charge in [-0.25, -0.2) is 4.79 Å². The van der Waals surface area contributed by atoms with E-state index in [2.05, 4.69) is 4.90 Å². The largest absolute Gasteiger partial charge is 0.466 e. The van der Waals surface area contributed by atoms with Crippen molar-refractivity contribution in [3.63, 3.8) is 0 Å². The van der Waals surface area contributed by atoms with Crippen molar-refractivity contribution in [3.8, 4) is 0 Å². The molecule has 23 heavy (non-hydrogen) atoms. The third-order valence-corrected chi connectivity index (χ3v) is 3.09. The molecule has 0 aliphatic heterocycles. The van der Waals surface area contributed by atoms with Crippen LogP contribution in [-0.2, 0) is 25.6 Å². The monoisotopic (exact) mass is 319 g/mol. The number of benzene rings is 1. The Morgan fingerprint density at radius 2 is 1.78 bits per heavy atom. The summed E-state index contributed by atoms with van der Waals surface area (Å²) in [6, 6.07) is 9.99. The van der Waals surface area contributed by atoms with Crippen molar-refractivity contribution in [2.75, 3.05) is 26.3 Å². The number of carbonyl (C=O) groups excluding carboxylic acids is 2. The van der Waals surface area contributed by atoms with Gasteiger partial charge >= 0.3 is 11.9 Å². The van der Waals surface area contributed by atoms with E-state index in [9.17, 15) is 9.59 Å². The predicted molar refractivity (Wildman–Crippen MR) is 88.7 cm³/mol. The SMILES string of the molecule is CCOC(=O)/C=C/CN(CCC(=O)OCC)Cc1ccccc1. The van der Waals surface area contributed by atoms with Gasteiger partial charge < -0.3 is 9.47 Å². The minimum Gasteiger partial charge on any atom is -0.466 e. The molecule has 5 heteroatoms. The number of esters is 2. The molecule has 0 spiro atoms. The van der Waals surface area contributed by atoms with Crippen molar-refractivity contribution in [2.24, 2.45) is 0 Å². The first-order chi connectivity index (χ1) is 11.2. The normalized spacial score (nSPS) is 10.9. The van der Waals surface area contributed by atoms with E-state index in [1.807, 2.05) is 30.3 Å². The number of rotatable bonds is 10. The Bertz CT molecular complexity index is 499. The van der Waals surface area contributed by atoms with E-state index >= 15 is 0 Å². The molecule has 1 rings (SSSR count).